The van der Waals surface area contributed by atoms with Crippen LogP contribution >= 0.6 is 11.3 Å². The number of esters is 1. The average Bonchev–Trinajstić information content (AvgIpc) is 3.60. The molecule has 0 spiro atoms. The second kappa shape index (κ2) is 12.8. The second-order valence-electron chi connectivity index (χ2n) is 10.5. The standard InChI is InChI=1S/C32H24N6O9S2/c1-3-47-31(40)29-18(2)33-32(48-29)35-49(45,46)21-14-12-20(13-15-21)34-30(39)19-16-26(37(41)42)28(27(17-19)38(43)44)36-24-10-6-4-8-22(24)23-9-5-7-11-25(23)36/h4-17H,3H2,1-2H3,(H,33,35)(H,34,39). The second-order valence-corrected chi connectivity index (χ2v) is 13.2. The number of nitro groups is 2. The molecule has 17 heteroatoms. The lowest BCUT2D eigenvalue weighted by atomic mass is 10.1. The van der Waals surface area contributed by atoms with Crippen molar-refractivity contribution in [1.29, 1.82) is 0 Å². The van der Waals surface area contributed by atoms with Crippen molar-refractivity contribution in [2.24, 2.45) is 0 Å². The molecule has 0 aliphatic carbocycles. The lowest BCUT2D eigenvalue weighted by molar-refractivity contribution is -0.393. The fourth-order valence-corrected chi connectivity index (χ4v) is 7.42. The summed E-state index contributed by atoms with van der Waals surface area (Å²) in [5.41, 5.74) is -0.599. The Bertz CT molecular complexity index is 2350. The topological polar surface area (TPSA) is 206 Å². The number of anilines is 2. The first-order valence-corrected chi connectivity index (χ1v) is 16.7. The van der Waals surface area contributed by atoms with Crippen LogP contribution in [-0.4, -0.2) is 46.3 Å². The first-order valence-electron chi connectivity index (χ1n) is 14.4. The molecular formula is C32H24N6O9S2. The Kier molecular flexibility index (Phi) is 8.53. The maximum Gasteiger partial charge on any atom is 0.350 e. The van der Waals surface area contributed by atoms with Crippen LogP contribution in [0.2, 0.25) is 0 Å². The Balaban J connectivity index is 1.31. The highest BCUT2D eigenvalue weighted by atomic mass is 32.2. The number of hydrogen-bond donors (Lipinski definition) is 2. The molecule has 49 heavy (non-hydrogen) atoms. The van der Waals surface area contributed by atoms with Crippen LogP contribution < -0.4 is 10.0 Å². The van der Waals surface area contributed by atoms with E-state index in [1.165, 1.54) is 28.8 Å². The summed E-state index contributed by atoms with van der Waals surface area (Å²) in [6.07, 6.45) is 0. The van der Waals surface area contributed by atoms with E-state index < -0.39 is 43.1 Å². The van der Waals surface area contributed by atoms with Crippen molar-refractivity contribution in [3.05, 3.63) is 121 Å². The molecule has 0 unspecified atom stereocenters. The molecule has 15 nitrogen and oxygen atoms in total. The van der Waals surface area contributed by atoms with Crippen LogP contribution in [0.25, 0.3) is 27.5 Å². The first kappa shape index (κ1) is 32.7. The summed E-state index contributed by atoms with van der Waals surface area (Å²) < 4.78 is 34.7. The van der Waals surface area contributed by atoms with E-state index in [-0.39, 0.29) is 38.4 Å². The number of para-hydroxylation sites is 2. The van der Waals surface area contributed by atoms with Gasteiger partial charge in [-0.1, -0.05) is 47.7 Å². The molecule has 248 valence electrons. The van der Waals surface area contributed by atoms with Crippen LogP contribution in [0.4, 0.5) is 22.2 Å². The van der Waals surface area contributed by atoms with Gasteiger partial charge in [0.05, 0.1) is 43.6 Å². The third-order valence-corrected chi connectivity index (χ3v) is 9.97. The van der Waals surface area contributed by atoms with E-state index in [1.54, 1.807) is 50.2 Å². The lowest BCUT2D eigenvalue weighted by Gasteiger charge is -2.12. The lowest BCUT2D eigenvalue weighted by Crippen LogP contribution is -2.15. The van der Waals surface area contributed by atoms with Gasteiger partial charge < -0.3 is 10.1 Å². The minimum Gasteiger partial charge on any atom is -0.462 e. The number of carbonyl (C=O) groups excluding carboxylic acids is 2. The molecule has 1 amide bonds. The Morgan fingerprint density at radius 1 is 0.898 bits per heavy atom. The number of thiazole rings is 1. The number of fused-ring (bicyclic) bond motifs is 3. The van der Waals surface area contributed by atoms with Crippen molar-refractivity contribution in [3.63, 3.8) is 0 Å². The molecule has 0 radical (unpaired) electrons. The highest BCUT2D eigenvalue weighted by molar-refractivity contribution is 7.93. The van der Waals surface area contributed by atoms with E-state index in [1.807, 2.05) is 12.1 Å². The Hall–Kier alpha value is -6.20. The molecule has 0 bridgehead atoms. The normalized spacial score (nSPS) is 11.4. The van der Waals surface area contributed by atoms with Gasteiger partial charge in [-0.15, -0.1) is 0 Å². The van der Waals surface area contributed by atoms with Crippen molar-refractivity contribution in [1.82, 2.24) is 9.55 Å². The maximum absolute atomic E-state index is 13.3. The fraction of sp³-hybridized carbons (Fsp3) is 0.0938. The van der Waals surface area contributed by atoms with Gasteiger partial charge in [-0.2, -0.15) is 0 Å². The molecule has 6 rings (SSSR count). The molecule has 4 aromatic carbocycles. The monoisotopic (exact) mass is 700 g/mol. The molecule has 0 aliphatic heterocycles. The third kappa shape index (κ3) is 6.15. The van der Waals surface area contributed by atoms with Gasteiger partial charge >= 0.3 is 17.3 Å². The van der Waals surface area contributed by atoms with E-state index in [0.29, 0.717) is 16.7 Å². The summed E-state index contributed by atoms with van der Waals surface area (Å²) in [7, 11) is -4.16. The average molecular weight is 701 g/mol. The molecule has 0 saturated heterocycles. The number of ether oxygens (including phenoxy) is 1. The summed E-state index contributed by atoms with van der Waals surface area (Å²) >= 11 is 0.815. The van der Waals surface area contributed by atoms with Gasteiger partial charge in [0.25, 0.3) is 15.9 Å². The van der Waals surface area contributed by atoms with E-state index >= 15 is 0 Å². The van der Waals surface area contributed by atoms with Crippen LogP contribution in [0, 0.1) is 27.2 Å². The minimum absolute atomic E-state index is 0.0505. The van der Waals surface area contributed by atoms with Crippen LogP contribution in [0.5, 0.6) is 0 Å². The van der Waals surface area contributed by atoms with E-state index in [9.17, 15) is 38.2 Å². The summed E-state index contributed by atoms with van der Waals surface area (Å²) in [6.45, 7) is 3.32. The summed E-state index contributed by atoms with van der Waals surface area (Å²) in [5.74, 6) is -1.53. The van der Waals surface area contributed by atoms with E-state index in [4.69, 9.17) is 4.74 Å². The van der Waals surface area contributed by atoms with E-state index in [0.717, 1.165) is 34.2 Å². The summed E-state index contributed by atoms with van der Waals surface area (Å²) in [5, 5.41) is 28.7. The number of aryl methyl sites for hydroxylation is 1. The minimum atomic E-state index is -4.16. The fourth-order valence-electron chi connectivity index (χ4n) is 5.33. The van der Waals surface area contributed by atoms with Crippen molar-refractivity contribution in [2.75, 3.05) is 16.6 Å². The molecule has 2 heterocycles. The van der Waals surface area contributed by atoms with Gasteiger partial charge in [-0.3, -0.25) is 34.3 Å². The number of benzene rings is 4. The number of aromatic nitrogens is 2. The Morgan fingerprint density at radius 2 is 1.45 bits per heavy atom. The zero-order chi connectivity index (χ0) is 35.0. The zero-order valence-corrected chi connectivity index (χ0v) is 27.2. The van der Waals surface area contributed by atoms with Crippen LogP contribution in [0.15, 0.2) is 89.8 Å². The van der Waals surface area contributed by atoms with Gasteiger partial charge in [0.15, 0.2) is 5.13 Å². The molecule has 2 aromatic heterocycles. The highest BCUT2D eigenvalue weighted by Crippen LogP contribution is 2.40. The van der Waals surface area contributed by atoms with Gasteiger partial charge in [-0.05, 0) is 50.2 Å². The van der Waals surface area contributed by atoms with Crippen molar-refractivity contribution in [3.8, 4) is 5.69 Å². The molecule has 0 fully saturated rings. The van der Waals surface area contributed by atoms with Crippen LogP contribution in [0.3, 0.4) is 0 Å². The molecule has 6 aromatic rings. The number of nitro benzene ring substituents is 2. The maximum atomic E-state index is 13.3. The van der Waals surface area contributed by atoms with Crippen molar-refractivity contribution >= 4 is 77.2 Å². The summed E-state index contributed by atoms with van der Waals surface area (Å²) in [6, 6.07) is 20.9. The van der Waals surface area contributed by atoms with Crippen molar-refractivity contribution < 1.29 is 32.6 Å². The van der Waals surface area contributed by atoms with Crippen LogP contribution in [0.1, 0.15) is 32.6 Å². The third-order valence-electron chi connectivity index (χ3n) is 7.43. The van der Waals surface area contributed by atoms with Crippen LogP contribution in [-0.2, 0) is 14.8 Å². The van der Waals surface area contributed by atoms with Gasteiger partial charge in [0.2, 0.25) is 5.69 Å². The number of sulfonamides is 1. The molecule has 0 atom stereocenters. The summed E-state index contributed by atoms with van der Waals surface area (Å²) in [4.78, 5) is 52.6. The molecular weight excluding hydrogens is 677 g/mol. The van der Waals surface area contributed by atoms with E-state index in [2.05, 4.69) is 15.0 Å². The predicted octanol–water partition coefficient (Wildman–Crippen LogP) is 6.59. The van der Waals surface area contributed by atoms with Crippen molar-refractivity contribution in [2.45, 2.75) is 18.7 Å². The molecule has 2 N–H and O–H groups in total. The quantitative estimate of drug-likeness (QED) is 0.0890. The molecule has 0 saturated carbocycles. The number of hydrogen-bond acceptors (Lipinski definition) is 11. The zero-order valence-electron chi connectivity index (χ0n) is 25.6. The SMILES string of the molecule is CCOC(=O)c1sc(NS(=O)(=O)c2ccc(NC(=O)c3cc([N+](=O)[O-])c(-n4c5ccccc5c5ccccc54)c([N+](=O)[O-])c3)cc2)nc1C. The molecule has 0 aliphatic rings. The predicted molar refractivity (Wildman–Crippen MR) is 182 cm³/mol. The largest absolute Gasteiger partial charge is 0.462 e. The van der Waals surface area contributed by atoms with Gasteiger partial charge in [0.1, 0.15) is 4.88 Å². The number of carbonyl (C=O) groups is 2. The smallest absolute Gasteiger partial charge is 0.350 e. The number of amides is 1. The Labute approximate surface area is 281 Å². The number of nitrogens with zero attached hydrogens (tertiary/aromatic N) is 4. The first-order chi connectivity index (χ1) is 23.4. The highest BCUT2D eigenvalue weighted by Gasteiger charge is 2.32. The number of nitrogens with one attached hydrogen (secondary N) is 2. The van der Waals surface area contributed by atoms with Gasteiger partial charge in [0, 0.05) is 28.6 Å². The number of rotatable bonds is 10. The Morgan fingerprint density at radius 3 is 1.98 bits per heavy atom. The van der Waals surface area contributed by atoms with Gasteiger partial charge in [-0.25, -0.2) is 18.2 Å².